The van der Waals surface area contributed by atoms with Crippen molar-refractivity contribution in [3.63, 3.8) is 0 Å². The minimum atomic E-state index is -0.123. The summed E-state index contributed by atoms with van der Waals surface area (Å²) in [5, 5.41) is 13.5. The second-order valence-electron chi connectivity index (χ2n) is 5.68. The third-order valence-corrected chi connectivity index (χ3v) is 4.90. The Kier molecular flexibility index (Phi) is 4.59. The number of halogens is 1. The molecule has 2 atom stereocenters. The first-order chi connectivity index (χ1) is 10.7. The number of carbonyl (C=O) groups is 1. The van der Waals surface area contributed by atoms with Gasteiger partial charge in [-0.05, 0) is 34.8 Å². The monoisotopic (exact) mass is 362 g/mol. The van der Waals surface area contributed by atoms with Crippen LogP contribution in [0.5, 0.6) is 0 Å². The second kappa shape index (κ2) is 6.62. The number of hydrogen-bond acceptors (Lipinski definition) is 3. The quantitative estimate of drug-likeness (QED) is 0.785. The SMILES string of the molecule is CC1CCNCC1NC(=O)c1[nH]nc(-c2ccccc2)c1Br. The summed E-state index contributed by atoms with van der Waals surface area (Å²) < 4.78 is 0.702. The molecule has 6 heteroatoms. The van der Waals surface area contributed by atoms with Crippen molar-refractivity contribution in [2.45, 2.75) is 19.4 Å². The molecule has 2 unspecified atom stereocenters. The number of H-pyrrole nitrogens is 1. The van der Waals surface area contributed by atoms with E-state index in [1.165, 1.54) is 0 Å². The van der Waals surface area contributed by atoms with E-state index in [2.05, 4.69) is 43.7 Å². The highest BCUT2D eigenvalue weighted by Gasteiger charge is 2.25. The number of nitrogens with zero attached hydrogens (tertiary/aromatic N) is 1. The van der Waals surface area contributed by atoms with E-state index >= 15 is 0 Å². The van der Waals surface area contributed by atoms with Crippen LogP contribution in [0.15, 0.2) is 34.8 Å². The van der Waals surface area contributed by atoms with Crippen LogP contribution >= 0.6 is 15.9 Å². The van der Waals surface area contributed by atoms with Gasteiger partial charge in [-0.2, -0.15) is 5.10 Å². The van der Waals surface area contributed by atoms with E-state index in [-0.39, 0.29) is 11.9 Å². The van der Waals surface area contributed by atoms with Gasteiger partial charge in [-0.3, -0.25) is 9.89 Å². The van der Waals surface area contributed by atoms with E-state index in [0.29, 0.717) is 16.1 Å². The molecular formula is C16H19BrN4O. The van der Waals surface area contributed by atoms with Crippen LogP contribution in [0.1, 0.15) is 23.8 Å². The van der Waals surface area contributed by atoms with Crippen LogP contribution in [0.3, 0.4) is 0 Å². The maximum atomic E-state index is 12.5. The first-order valence-corrected chi connectivity index (χ1v) is 8.27. The third kappa shape index (κ3) is 3.08. The highest BCUT2D eigenvalue weighted by molar-refractivity contribution is 9.10. The van der Waals surface area contributed by atoms with Crippen molar-refractivity contribution in [1.82, 2.24) is 20.8 Å². The number of hydrogen-bond donors (Lipinski definition) is 3. The van der Waals surface area contributed by atoms with Crippen LogP contribution in [0.25, 0.3) is 11.3 Å². The Labute approximate surface area is 138 Å². The number of aromatic nitrogens is 2. The Morgan fingerprint density at radius 3 is 2.86 bits per heavy atom. The molecule has 116 valence electrons. The number of nitrogens with one attached hydrogen (secondary N) is 3. The van der Waals surface area contributed by atoms with Crippen LogP contribution in [-0.4, -0.2) is 35.2 Å². The van der Waals surface area contributed by atoms with E-state index < -0.39 is 0 Å². The van der Waals surface area contributed by atoms with Gasteiger partial charge in [-0.25, -0.2) is 0 Å². The number of aromatic amines is 1. The molecule has 1 aromatic heterocycles. The van der Waals surface area contributed by atoms with Gasteiger partial charge in [0.15, 0.2) is 0 Å². The van der Waals surface area contributed by atoms with Crippen LogP contribution in [0.2, 0.25) is 0 Å². The summed E-state index contributed by atoms with van der Waals surface area (Å²) >= 11 is 3.50. The van der Waals surface area contributed by atoms with Gasteiger partial charge in [-0.15, -0.1) is 0 Å². The number of carbonyl (C=O) groups excluding carboxylic acids is 1. The Morgan fingerprint density at radius 2 is 2.14 bits per heavy atom. The van der Waals surface area contributed by atoms with Crippen LogP contribution in [0, 0.1) is 5.92 Å². The maximum Gasteiger partial charge on any atom is 0.270 e. The van der Waals surface area contributed by atoms with E-state index in [1.54, 1.807) is 0 Å². The fraction of sp³-hybridized carbons (Fsp3) is 0.375. The van der Waals surface area contributed by atoms with Gasteiger partial charge in [0.1, 0.15) is 11.4 Å². The van der Waals surface area contributed by atoms with E-state index in [0.717, 1.165) is 30.8 Å². The largest absolute Gasteiger partial charge is 0.346 e. The van der Waals surface area contributed by atoms with E-state index in [1.807, 2.05) is 30.3 Å². The summed E-state index contributed by atoms with van der Waals surface area (Å²) in [6.45, 7) is 3.99. The number of amides is 1. The molecule has 1 aromatic carbocycles. The Hall–Kier alpha value is -1.66. The zero-order chi connectivity index (χ0) is 15.5. The topological polar surface area (TPSA) is 69.8 Å². The summed E-state index contributed by atoms with van der Waals surface area (Å²) in [6, 6.07) is 9.94. The lowest BCUT2D eigenvalue weighted by Crippen LogP contribution is -2.50. The number of piperidine rings is 1. The van der Waals surface area contributed by atoms with Crippen LogP contribution in [-0.2, 0) is 0 Å². The highest BCUT2D eigenvalue weighted by Crippen LogP contribution is 2.28. The van der Waals surface area contributed by atoms with Crippen LogP contribution < -0.4 is 10.6 Å². The number of benzene rings is 1. The molecule has 0 spiro atoms. The lowest BCUT2D eigenvalue weighted by atomic mass is 9.95. The van der Waals surface area contributed by atoms with Gasteiger partial charge < -0.3 is 10.6 Å². The fourth-order valence-corrected chi connectivity index (χ4v) is 3.28. The predicted octanol–water partition coefficient (Wildman–Crippen LogP) is 2.57. The van der Waals surface area contributed by atoms with E-state index in [4.69, 9.17) is 0 Å². The van der Waals surface area contributed by atoms with Crippen LogP contribution in [0.4, 0.5) is 0 Å². The lowest BCUT2D eigenvalue weighted by Gasteiger charge is -2.30. The normalized spacial score (nSPS) is 21.5. The molecule has 2 aromatic rings. The summed E-state index contributed by atoms with van der Waals surface area (Å²) in [4.78, 5) is 12.5. The molecule has 0 saturated carbocycles. The van der Waals surface area contributed by atoms with E-state index in [9.17, 15) is 4.79 Å². The molecule has 22 heavy (non-hydrogen) atoms. The van der Waals surface area contributed by atoms with Gasteiger partial charge in [0, 0.05) is 18.2 Å². The summed E-state index contributed by atoms with van der Waals surface area (Å²) in [5.74, 6) is 0.350. The predicted molar refractivity (Wildman–Crippen MR) is 89.6 cm³/mol. The molecule has 0 radical (unpaired) electrons. The molecule has 1 fully saturated rings. The molecule has 3 rings (SSSR count). The summed E-state index contributed by atoms with van der Waals surface area (Å²) in [7, 11) is 0. The lowest BCUT2D eigenvalue weighted by molar-refractivity contribution is 0.0909. The third-order valence-electron chi connectivity index (χ3n) is 4.13. The second-order valence-corrected chi connectivity index (χ2v) is 6.47. The minimum absolute atomic E-state index is 0.123. The van der Waals surface area contributed by atoms with Crippen molar-refractivity contribution in [2.75, 3.05) is 13.1 Å². The summed E-state index contributed by atoms with van der Waals surface area (Å²) in [5.41, 5.74) is 2.19. The molecule has 1 aliphatic rings. The molecule has 0 aliphatic carbocycles. The average molecular weight is 363 g/mol. The Balaban J connectivity index is 1.78. The molecule has 2 heterocycles. The number of rotatable bonds is 3. The first-order valence-electron chi connectivity index (χ1n) is 7.47. The Bertz CT molecular complexity index is 655. The zero-order valence-corrected chi connectivity index (χ0v) is 14.0. The van der Waals surface area contributed by atoms with Crippen molar-refractivity contribution < 1.29 is 4.79 Å². The zero-order valence-electron chi connectivity index (χ0n) is 12.4. The Morgan fingerprint density at radius 1 is 1.36 bits per heavy atom. The van der Waals surface area contributed by atoms with Crippen molar-refractivity contribution in [3.05, 3.63) is 40.5 Å². The molecule has 3 N–H and O–H groups in total. The highest BCUT2D eigenvalue weighted by atomic mass is 79.9. The van der Waals surface area contributed by atoms with Crippen molar-refractivity contribution >= 4 is 21.8 Å². The first kappa shape index (κ1) is 15.2. The smallest absolute Gasteiger partial charge is 0.270 e. The molecule has 0 bridgehead atoms. The molecule has 1 amide bonds. The van der Waals surface area contributed by atoms with Gasteiger partial charge in [0.05, 0.1) is 4.47 Å². The molecular weight excluding hydrogens is 344 g/mol. The fourth-order valence-electron chi connectivity index (χ4n) is 2.69. The standard InChI is InChI=1S/C16H19BrN4O/c1-10-7-8-18-9-12(10)19-16(22)15-13(17)14(20-21-15)11-5-3-2-4-6-11/h2-6,10,12,18H,7-9H2,1H3,(H,19,22)(H,20,21). The molecule has 1 saturated heterocycles. The maximum absolute atomic E-state index is 12.5. The van der Waals surface area contributed by atoms with Gasteiger partial charge in [0.25, 0.3) is 5.91 Å². The molecule has 5 nitrogen and oxygen atoms in total. The minimum Gasteiger partial charge on any atom is -0.346 e. The van der Waals surface area contributed by atoms with Gasteiger partial charge >= 0.3 is 0 Å². The van der Waals surface area contributed by atoms with Crippen molar-refractivity contribution in [2.24, 2.45) is 5.92 Å². The molecule has 1 aliphatic heterocycles. The summed E-state index contributed by atoms with van der Waals surface area (Å²) in [6.07, 6.45) is 1.07. The van der Waals surface area contributed by atoms with Crippen molar-refractivity contribution in [1.29, 1.82) is 0 Å². The van der Waals surface area contributed by atoms with Crippen molar-refractivity contribution in [3.8, 4) is 11.3 Å². The van der Waals surface area contributed by atoms with Gasteiger partial charge in [0.2, 0.25) is 0 Å². The van der Waals surface area contributed by atoms with Gasteiger partial charge in [-0.1, -0.05) is 37.3 Å². The average Bonchev–Trinajstić information content (AvgIpc) is 2.92.